The Morgan fingerprint density at radius 1 is 1.50 bits per heavy atom. The summed E-state index contributed by atoms with van der Waals surface area (Å²) >= 11 is 9.23. The van der Waals surface area contributed by atoms with Crippen LogP contribution in [0.2, 0.25) is 5.15 Å². The van der Waals surface area contributed by atoms with Gasteiger partial charge in [0.25, 0.3) is 0 Å². The number of aromatic nitrogens is 1. The molecule has 0 bridgehead atoms. The first-order valence-corrected chi connectivity index (χ1v) is 4.89. The highest BCUT2D eigenvalue weighted by atomic mass is 79.9. The Kier molecular flexibility index (Phi) is 2.35. The molecule has 0 fully saturated rings. The Bertz CT molecular complexity index is 303. The molecule has 1 aliphatic heterocycles. The quantitative estimate of drug-likeness (QED) is 0.517. The van der Waals surface area contributed by atoms with Gasteiger partial charge in [0.05, 0.1) is 0 Å². The van der Waals surface area contributed by atoms with E-state index in [9.17, 15) is 0 Å². The van der Waals surface area contributed by atoms with Crippen LogP contribution in [0.25, 0.3) is 0 Å². The van der Waals surface area contributed by atoms with Gasteiger partial charge in [-0.25, -0.2) is 8.91 Å². The van der Waals surface area contributed by atoms with Gasteiger partial charge in [0, 0.05) is 41.4 Å². The third-order valence-corrected chi connectivity index (χ3v) is 2.78. The Morgan fingerprint density at radius 2 is 2.33 bits per heavy atom. The first-order chi connectivity index (χ1) is 5.75. The lowest BCUT2D eigenvalue weighted by Gasteiger charge is -2.21. The average molecular weight is 248 g/mol. The van der Waals surface area contributed by atoms with Crippen molar-refractivity contribution in [2.75, 3.05) is 6.54 Å². The van der Waals surface area contributed by atoms with Gasteiger partial charge in [-0.2, -0.15) is 0 Å². The molecule has 2 heterocycles. The highest BCUT2D eigenvalue weighted by Gasteiger charge is 2.14. The van der Waals surface area contributed by atoms with Crippen molar-refractivity contribution in [1.29, 1.82) is 0 Å². The summed E-state index contributed by atoms with van der Waals surface area (Å²) in [6.45, 7) is 1.92. The molecule has 0 saturated heterocycles. The van der Waals surface area contributed by atoms with Gasteiger partial charge in [-0.15, -0.1) is 0 Å². The molecule has 0 aliphatic carbocycles. The number of hydrogen-bond donors (Lipinski definition) is 0. The zero-order chi connectivity index (χ0) is 8.55. The van der Waals surface area contributed by atoms with Gasteiger partial charge < -0.3 is 0 Å². The van der Waals surface area contributed by atoms with Gasteiger partial charge in [0.2, 0.25) is 0 Å². The summed E-state index contributed by atoms with van der Waals surface area (Å²) in [7, 11) is 0. The second kappa shape index (κ2) is 3.32. The van der Waals surface area contributed by atoms with Crippen LogP contribution in [0, 0.1) is 0 Å². The van der Waals surface area contributed by atoms with Crippen LogP contribution in [0.4, 0.5) is 0 Å². The van der Waals surface area contributed by atoms with Gasteiger partial charge in [-0.1, -0.05) is 17.7 Å². The SMILES string of the molecule is Clc1ccc2c(n1)CCN(Br)C2. The standard InChI is InChI=1S/C8H8BrClN2/c9-12-4-3-7-6(5-12)1-2-8(10)11-7/h1-2H,3-5H2. The van der Waals surface area contributed by atoms with Crippen molar-refractivity contribution >= 4 is 27.7 Å². The topological polar surface area (TPSA) is 16.1 Å². The Labute approximate surface area is 84.9 Å². The average Bonchev–Trinajstić information content (AvgIpc) is 2.05. The number of hydrogen-bond acceptors (Lipinski definition) is 2. The maximum atomic E-state index is 5.78. The summed E-state index contributed by atoms with van der Waals surface area (Å²) in [5.41, 5.74) is 2.40. The van der Waals surface area contributed by atoms with Crippen LogP contribution < -0.4 is 0 Å². The highest BCUT2D eigenvalue weighted by molar-refractivity contribution is 9.07. The summed E-state index contributed by atoms with van der Waals surface area (Å²) in [6, 6.07) is 3.88. The summed E-state index contributed by atoms with van der Waals surface area (Å²) in [6.07, 6.45) is 0.973. The molecule has 0 saturated carbocycles. The van der Waals surface area contributed by atoms with Crippen molar-refractivity contribution in [3.8, 4) is 0 Å². The second-order valence-corrected chi connectivity index (χ2v) is 4.22. The smallest absolute Gasteiger partial charge is 0.129 e. The largest absolute Gasteiger partial charge is 0.241 e. The first-order valence-electron chi connectivity index (χ1n) is 3.81. The van der Waals surface area contributed by atoms with Crippen LogP contribution in [-0.2, 0) is 13.0 Å². The van der Waals surface area contributed by atoms with Crippen LogP contribution in [0.15, 0.2) is 12.1 Å². The maximum absolute atomic E-state index is 5.78. The predicted molar refractivity (Wildman–Crippen MR) is 52.3 cm³/mol. The number of nitrogens with zero attached hydrogens (tertiary/aromatic N) is 2. The normalized spacial score (nSPS) is 17.5. The Hall–Kier alpha value is -0.120. The molecule has 1 aliphatic rings. The minimum atomic E-state index is 0.594. The first kappa shape index (κ1) is 8.48. The molecule has 0 radical (unpaired) electrons. The van der Waals surface area contributed by atoms with Crippen molar-refractivity contribution in [2.24, 2.45) is 0 Å². The van der Waals surface area contributed by atoms with Crippen LogP contribution in [-0.4, -0.2) is 15.5 Å². The molecule has 0 unspecified atom stereocenters. The fraction of sp³-hybridized carbons (Fsp3) is 0.375. The Morgan fingerprint density at radius 3 is 3.17 bits per heavy atom. The zero-order valence-electron chi connectivity index (χ0n) is 6.43. The van der Waals surface area contributed by atoms with Crippen molar-refractivity contribution in [3.63, 3.8) is 0 Å². The molecule has 0 amide bonds. The maximum Gasteiger partial charge on any atom is 0.129 e. The number of fused-ring (bicyclic) bond motifs is 1. The third kappa shape index (κ3) is 1.63. The van der Waals surface area contributed by atoms with Crippen LogP contribution in [0.3, 0.4) is 0 Å². The van der Waals surface area contributed by atoms with Crippen LogP contribution in [0.1, 0.15) is 11.3 Å². The van der Waals surface area contributed by atoms with Crippen molar-refractivity contribution in [2.45, 2.75) is 13.0 Å². The Balaban J connectivity index is 2.37. The molecule has 4 heteroatoms. The summed E-state index contributed by atoms with van der Waals surface area (Å²) in [4.78, 5) is 4.27. The van der Waals surface area contributed by atoms with Gasteiger partial charge in [-0.05, 0) is 11.6 Å². The molecule has 2 nitrogen and oxygen atoms in total. The fourth-order valence-corrected chi connectivity index (χ4v) is 1.97. The minimum absolute atomic E-state index is 0.594. The minimum Gasteiger partial charge on any atom is -0.241 e. The summed E-state index contributed by atoms with van der Waals surface area (Å²) < 4.78 is 2.10. The van der Waals surface area contributed by atoms with Gasteiger partial charge in [0.1, 0.15) is 5.15 Å². The molecule has 64 valence electrons. The van der Waals surface area contributed by atoms with E-state index in [1.165, 1.54) is 5.56 Å². The van der Waals surface area contributed by atoms with Crippen LogP contribution in [0.5, 0.6) is 0 Å². The second-order valence-electron chi connectivity index (χ2n) is 2.83. The lowest BCUT2D eigenvalue weighted by atomic mass is 10.1. The van der Waals surface area contributed by atoms with Crippen molar-refractivity contribution < 1.29 is 0 Å². The van der Waals surface area contributed by atoms with E-state index in [1.54, 1.807) is 0 Å². The molecule has 0 atom stereocenters. The van der Waals surface area contributed by atoms with E-state index in [-0.39, 0.29) is 0 Å². The fourth-order valence-electron chi connectivity index (χ4n) is 1.36. The van der Waals surface area contributed by atoms with Crippen molar-refractivity contribution in [1.82, 2.24) is 8.91 Å². The van der Waals surface area contributed by atoms with E-state index in [2.05, 4.69) is 25.1 Å². The van der Waals surface area contributed by atoms with Crippen LogP contribution >= 0.6 is 27.7 Å². The van der Waals surface area contributed by atoms with E-state index < -0.39 is 0 Å². The summed E-state index contributed by atoms with van der Waals surface area (Å²) in [5, 5.41) is 0.594. The molecule has 0 aromatic carbocycles. The number of halogens is 2. The van der Waals surface area contributed by atoms with E-state index in [0.29, 0.717) is 5.15 Å². The lowest BCUT2D eigenvalue weighted by molar-refractivity contribution is 0.454. The molecule has 0 N–H and O–H groups in total. The predicted octanol–water partition coefficient (Wildman–Crippen LogP) is 2.40. The summed E-state index contributed by atoms with van der Waals surface area (Å²) in [5.74, 6) is 0. The number of pyridine rings is 1. The molecule has 1 aromatic heterocycles. The third-order valence-electron chi connectivity index (χ3n) is 1.97. The van der Waals surface area contributed by atoms with Gasteiger partial charge in [0.15, 0.2) is 0 Å². The molecular formula is C8H8BrClN2. The zero-order valence-corrected chi connectivity index (χ0v) is 8.77. The molecular weight excluding hydrogens is 239 g/mol. The molecule has 0 spiro atoms. The molecule has 2 rings (SSSR count). The van der Waals surface area contributed by atoms with E-state index in [4.69, 9.17) is 11.6 Å². The highest BCUT2D eigenvalue weighted by Crippen LogP contribution is 2.20. The number of rotatable bonds is 0. The lowest BCUT2D eigenvalue weighted by Crippen LogP contribution is -2.22. The monoisotopic (exact) mass is 246 g/mol. The van der Waals surface area contributed by atoms with Gasteiger partial charge in [-0.3, -0.25) is 0 Å². The van der Waals surface area contributed by atoms with E-state index in [0.717, 1.165) is 25.2 Å². The van der Waals surface area contributed by atoms with E-state index >= 15 is 0 Å². The molecule has 1 aromatic rings. The van der Waals surface area contributed by atoms with Crippen molar-refractivity contribution in [3.05, 3.63) is 28.5 Å². The van der Waals surface area contributed by atoms with E-state index in [1.807, 2.05) is 12.1 Å². The van der Waals surface area contributed by atoms with Gasteiger partial charge >= 0.3 is 0 Å². The molecule has 12 heavy (non-hydrogen) atoms.